The topological polar surface area (TPSA) is 38.7 Å². The molecule has 98 valence electrons. The Bertz CT molecular complexity index is 730. The summed E-state index contributed by atoms with van der Waals surface area (Å²) in [5, 5.41) is 0. The predicted octanol–water partition coefficient (Wildman–Crippen LogP) is 4.11. The number of aromatic nitrogens is 3. The van der Waals surface area contributed by atoms with E-state index < -0.39 is 0 Å². The van der Waals surface area contributed by atoms with Crippen LogP contribution in [0.15, 0.2) is 59.3 Å². The van der Waals surface area contributed by atoms with E-state index >= 15 is 0 Å². The summed E-state index contributed by atoms with van der Waals surface area (Å²) in [5.41, 5.74) is 1.64. The van der Waals surface area contributed by atoms with Gasteiger partial charge >= 0.3 is 0 Å². The Kier molecular flexibility index (Phi) is 3.52. The molecule has 0 atom stereocenters. The van der Waals surface area contributed by atoms with Gasteiger partial charge in [-0.05, 0) is 40.2 Å². The summed E-state index contributed by atoms with van der Waals surface area (Å²) >= 11 is 3.29. The van der Waals surface area contributed by atoms with Gasteiger partial charge in [0.25, 0.3) is 0 Å². The van der Waals surface area contributed by atoms with Crippen LogP contribution >= 0.6 is 15.9 Å². The van der Waals surface area contributed by atoms with Crippen LogP contribution in [-0.4, -0.2) is 15.0 Å². The van der Waals surface area contributed by atoms with Crippen LogP contribution in [0.1, 0.15) is 0 Å². The van der Waals surface area contributed by atoms with Crippen LogP contribution in [0, 0.1) is 5.82 Å². The Balaban J connectivity index is 2.09. The lowest BCUT2D eigenvalue weighted by Crippen LogP contribution is -1.97. The van der Waals surface area contributed by atoms with Crippen LogP contribution in [0.25, 0.3) is 22.8 Å². The van der Waals surface area contributed by atoms with Crippen LogP contribution in [0.3, 0.4) is 0 Å². The first-order valence-electron chi connectivity index (χ1n) is 5.95. The van der Waals surface area contributed by atoms with E-state index in [4.69, 9.17) is 0 Å². The second-order valence-corrected chi connectivity index (χ2v) is 4.83. The Morgan fingerprint density at radius 3 is 1.85 bits per heavy atom. The molecular formula is C15H9BrFN3. The van der Waals surface area contributed by atoms with Gasteiger partial charge in [0.05, 0.1) is 0 Å². The summed E-state index contributed by atoms with van der Waals surface area (Å²) in [7, 11) is 0. The Morgan fingerprint density at radius 1 is 0.700 bits per heavy atom. The van der Waals surface area contributed by atoms with Gasteiger partial charge in [-0.2, -0.15) is 0 Å². The lowest BCUT2D eigenvalue weighted by Gasteiger charge is -2.04. The van der Waals surface area contributed by atoms with Crippen LogP contribution < -0.4 is 0 Å². The third kappa shape index (κ3) is 2.72. The van der Waals surface area contributed by atoms with Gasteiger partial charge in [0, 0.05) is 11.1 Å². The van der Waals surface area contributed by atoms with Crippen molar-refractivity contribution in [3.63, 3.8) is 0 Å². The fourth-order valence-electron chi connectivity index (χ4n) is 1.79. The van der Waals surface area contributed by atoms with Gasteiger partial charge in [-0.3, -0.25) is 0 Å². The molecule has 2 aromatic carbocycles. The molecule has 0 N–H and O–H groups in total. The van der Waals surface area contributed by atoms with Gasteiger partial charge in [-0.25, -0.2) is 19.3 Å². The van der Waals surface area contributed by atoms with Crippen molar-refractivity contribution in [2.45, 2.75) is 0 Å². The molecule has 0 aliphatic carbocycles. The standard InChI is InChI=1S/C15H9BrFN3/c16-15-19-13(10-4-2-1-3-5-10)18-14(20-15)11-6-8-12(17)9-7-11/h1-9H. The summed E-state index contributed by atoms with van der Waals surface area (Å²) in [6.07, 6.45) is 0. The molecule has 0 radical (unpaired) electrons. The van der Waals surface area contributed by atoms with E-state index in [-0.39, 0.29) is 5.82 Å². The van der Waals surface area contributed by atoms with E-state index in [1.54, 1.807) is 12.1 Å². The molecule has 3 nitrogen and oxygen atoms in total. The lowest BCUT2D eigenvalue weighted by molar-refractivity contribution is 0.628. The molecule has 0 amide bonds. The number of halogens is 2. The molecule has 0 unspecified atom stereocenters. The van der Waals surface area contributed by atoms with Crippen molar-refractivity contribution in [2.75, 3.05) is 0 Å². The van der Waals surface area contributed by atoms with E-state index in [9.17, 15) is 4.39 Å². The number of hydrogen-bond donors (Lipinski definition) is 0. The number of benzene rings is 2. The minimum atomic E-state index is -0.287. The molecule has 5 heteroatoms. The van der Waals surface area contributed by atoms with E-state index in [0.717, 1.165) is 11.1 Å². The molecule has 0 fully saturated rings. The summed E-state index contributed by atoms with van der Waals surface area (Å²) in [6, 6.07) is 15.7. The predicted molar refractivity (Wildman–Crippen MR) is 78.4 cm³/mol. The number of hydrogen-bond acceptors (Lipinski definition) is 3. The van der Waals surface area contributed by atoms with Crippen molar-refractivity contribution in [3.8, 4) is 22.8 Å². The molecule has 0 spiro atoms. The first-order chi connectivity index (χ1) is 9.72. The molecule has 20 heavy (non-hydrogen) atoms. The number of rotatable bonds is 2. The molecule has 3 rings (SSSR count). The molecular weight excluding hydrogens is 321 g/mol. The van der Waals surface area contributed by atoms with Gasteiger partial charge in [0.1, 0.15) is 5.82 Å². The fourth-order valence-corrected chi connectivity index (χ4v) is 2.13. The molecule has 3 aromatic rings. The average molecular weight is 330 g/mol. The molecule has 0 saturated heterocycles. The van der Waals surface area contributed by atoms with Gasteiger partial charge in [0.15, 0.2) is 11.6 Å². The molecule has 1 aromatic heterocycles. The maximum atomic E-state index is 13.0. The summed E-state index contributed by atoms with van der Waals surface area (Å²) in [4.78, 5) is 12.9. The average Bonchev–Trinajstić information content (AvgIpc) is 2.48. The third-order valence-corrected chi connectivity index (χ3v) is 3.10. The molecule has 0 aliphatic heterocycles. The highest BCUT2D eigenvalue weighted by Gasteiger charge is 2.08. The van der Waals surface area contributed by atoms with E-state index in [2.05, 4.69) is 30.9 Å². The minimum Gasteiger partial charge on any atom is -0.208 e. The second kappa shape index (κ2) is 5.46. The van der Waals surface area contributed by atoms with E-state index in [1.165, 1.54) is 12.1 Å². The van der Waals surface area contributed by atoms with Gasteiger partial charge < -0.3 is 0 Å². The molecule has 0 bridgehead atoms. The van der Waals surface area contributed by atoms with Gasteiger partial charge in [-0.1, -0.05) is 30.3 Å². The Hall–Kier alpha value is -2.14. The quantitative estimate of drug-likeness (QED) is 0.710. The van der Waals surface area contributed by atoms with Crippen LogP contribution in [0.5, 0.6) is 0 Å². The van der Waals surface area contributed by atoms with Crippen LogP contribution in [-0.2, 0) is 0 Å². The summed E-state index contributed by atoms with van der Waals surface area (Å²) < 4.78 is 13.4. The molecule has 0 saturated carbocycles. The van der Waals surface area contributed by atoms with E-state index in [1.807, 2.05) is 30.3 Å². The van der Waals surface area contributed by atoms with Gasteiger partial charge in [0.2, 0.25) is 4.73 Å². The highest BCUT2D eigenvalue weighted by atomic mass is 79.9. The highest BCUT2D eigenvalue weighted by molar-refractivity contribution is 9.10. The Morgan fingerprint density at radius 2 is 1.25 bits per heavy atom. The smallest absolute Gasteiger partial charge is 0.200 e. The first kappa shape index (κ1) is 12.9. The zero-order valence-electron chi connectivity index (χ0n) is 10.3. The SMILES string of the molecule is Fc1ccc(-c2nc(Br)nc(-c3ccccc3)n2)cc1. The van der Waals surface area contributed by atoms with Crippen LogP contribution in [0.2, 0.25) is 0 Å². The van der Waals surface area contributed by atoms with Crippen molar-refractivity contribution >= 4 is 15.9 Å². The zero-order valence-corrected chi connectivity index (χ0v) is 11.9. The van der Waals surface area contributed by atoms with Gasteiger partial charge in [-0.15, -0.1) is 0 Å². The van der Waals surface area contributed by atoms with Crippen molar-refractivity contribution in [3.05, 3.63) is 65.1 Å². The summed E-state index contributed by atoms with van der Waals surface area (Å²) in [6.45, 7) is 0. The highest BCUT2D eigenvalue weighted by Crippen LogP contribution is 2.21. The lowest BCUT2D eigenvalue weighted by atomic mass is 10.2. The first-order valence-corrected chi connectivity index (χ1v) is 6.74. The molecule has 0 aliphatic rings. The van der Waals surface area contributed by atoms with E-state index in [0.29, 0.717) is 16.4 Å². The van der Waals surface area contributed by atoms with Crippen molar-refractivity contribution in [1.82, 2.24) is 15.0 Å². The van der Waals surface area contributed by atoms with Crippen molar-refractivity contribution < 1.29 is 4.39 Å². The molecule has 1 heterocycles. The fraction of sp³-hybridized carbons (Fsp3) is 0. The normalized spacial score (nSPS) is 10.5. The minimum absolute atomic E-state index is 0.287. The maximum absolute atomic E-state index is 13.0. The second-order valence-electron chi connectivity index (χ2n) is 4.12. The van der Waals surface area contributed by atoms with Crippen LogP contribution in [0.4, 0.5) is 4.39 Å². The third-order valence-electron chi connectivity index (χ3n) is 2.74. The summed E-state index contributed by atoms with van der Waals surface area (Å²) in [5.74, 6) is 0.794. The zero-order chi connectivity index (χ0) is 13.9. The Labute approximate surface area is 123 Å². The monoisotopic (exact) mass is 329 g/mol. The largest absolute Gasteiger partial charge is 0.208 e. The van der Waals surface area contributed by atoms with Crippen molar-refractivity contribution in [2.24, 2.45) is 0 Å². The van der Waals surface area contributed by atoms with Crippen molar-refractivity contribution in [1.29, 1.82) is 0 Å². The number of nitrogens with zero attached hydrogens (tertiary/aromatic N) is 3. The maximum Gasteiger partial charge on any atom is 0.200 e.